The molecule has 7 heteroatoms. The second kappa shape index (κ2) is 9.45. The van der Waals surface area contributed by atoms with Crippen molar-refractivity contribution in [1.82, 2.24) is 4.72 Å². The number of nitrogens with one attached hydrogen (secondary N) is 1. The maximum absolute atomic E-state index is 12.9. The molecule has 0 heterocycles. The van der Waals surface area contributed by atoms with E-state index in [0.717, 1.165) is 5.56 Å². The molecule has 0 fully saturated rings. The predicted octanol–water partition coefficient (Wildman–Crippen LogP) is 2.67. The van der Waals surface area contributed by atoms with Crippen molar-refractivity contribution in [1.29, 1.82) is 0 Å². The highest BCUT2D eigenvalue weighted by Gasteiger charge is 2.23. The van der Waals surface area contributed by atoms with Crippen molar-refractivity contribution in [3.63, 3.8) is 0 Å². The number of hydrogen-bond donors (Lipinski definition) is 1. The van der Waals surface area contributed by atoms with E-state index in [9.17, 15) is 17.6 Å². The van der Waals surface area contributed by atoms with Crippen LogP contribution in [0.3, 0.4) is 0 Å². The van der Waals surface area contributed by atoms with Crippen molar-refractivity contribution in [3.05, 3.63) is 71.5 Å². The minimum atomic E-state index is -3.66. The lowest BCUT2D eigenvalue weighted by Crippen LogP contribution is -2.35. The summed E-state index contributed by atoms with van der Waals surface area (Å²) in [5, 5.41) is 0. The van der Waals surface area contributed by atoms with Crippen LogP contribution < -0.4 is 4.72 Å². The van der Waals surface area contributed by atoms with E-state index in [1.54, 1.807) is 6.92 Å². The third-order valence-corrected chi connectivity index (χ3v) is 5.08. The number of halogens is 1. The van der Waals surface area contributed by atoms with E-state index < -0.39 is 27.7 Å². The lowest BCUT2D eigenvalue weighted by Gasteiger charge is -2.16. The van der Waals surface area contributed by atoms with Crippen LogP contribution in [0.1, 0.15) is 18.1 Å². The van der Waals surface area contributed by atoms with Crippen molar-refractivity contribution in [3.8, 4) is 0 Å². The molecule has 0 saturated carbocycles. The normalized spacial score (nSPS) is 12.5. The second-order valence-electron chi connectivity index (χ2n) is 5.87. The van der Waals surface area contributed by atoms with E-state index >= 15 is 0 Å². The van der Waals surface area contributed by atoms with Gasteiger partial charge in [-0.15, -0.1) is 0 Å². The van der Waals surface area contributed by atoms with Crippen molar-refractivity contribution >= 4 is 16.0 Å². The molecule has 0 spiro atoms. The number of sulfonamides is 1. The third-order valence-electron chi connectivity index (χ3n) is 3.76. The molecule has 0 aromatic heterocycles. The van der Waals surface area contributed by atoms with Crippen LogP contribution in [0.25, 0.3) is 0 Å². The smallest absolute Gasteiger partial charge is 0.310 e. The van der Waals surface area contributed by atoms with E-state index in [2.05, 4.69) is 4.72 Å². The summed E-state index contributed by atoms with van der Waals surface area (Å²) in [4.78, 5) is 12.2. The molecule has 1 N–H and O–H groups in total. The Bertz CT molecular complexity index is 807. The number of carbonyl (C=O) groups excluding carboxylic acids is 1. The van der Waals surface area contributed by atoms with E-state index in [-0.39, 0.29) is 18.9 Å². The van der Waals surface area contributed by atoms with Gasteiger partial charge in [0, 0.05) is 6.54 Å². The molecule has 0 radical (unpaired) electrons. The zero-order chi connectivity index (χ0) is 19.0. The van der Waals surface area contributed by atoms with Gasteiger partial charge in [-0.2, -0.15) is 0 Å². The monoisotopic (exact) mass is 379 g/mol. The molecule has 5 nitrogen and oxygen atoms in total. The highest BCUT2D eigenvalue weighted by Crippen LogP contribution is 2.12. The number of hydrogen-bond acceptors (Lipinski definition) is 4. The molecular weight excluding hydrogens is 357 g/mol. The molecule has 2 rings (SSSR count). The summed E-state index contributed by atoms with van der Waals surface area (Å²) in [6.45, 7) is 1.87. The molecule has 0 aliphatic carbocycles. The quantitative estimate of drug-likeness (QED) is 0.680. The molecule has 0 bridgehead atoms. The summed E-state index contributed by atoms with van der Waals surface area (Å²) in [5.74, 6) is -1.78. The van der Waals surface area contributed by atoms with Gasteiger partial charge in [0.2, 0.25) is 10.0 Å². The Morgan fingerprint density at radius 1 is 1.08 bits per heavy atom. The minimum absolute atomic E-state index is 0.0583. The topological polar surface area (TPSA) is 72.5 Å². The largest absolute Gasteiger partial charge is 0.466 e. The lowest BCUT2D eigenvalue weighted by atomic mass is 10.00. The summed E-state index contributed by atoms with van der Waals surface area (Å²) in [5.41, 5.74) is 1.39. The second-order valence-corrected chi connectivity index (χ2v) is 7.68. The SMILES string of the molecule is CCOC(=O)C(CNS(=O)(=O)Cc1ccc(F)cc1)Cc1ccccc1. The van der Waals surface area contributed by atoms with Gasteiger partial charge < -0.3 is 4.74 Å². The highest BCUT2D eigenvalue weighted by molar-refractivity contribution is 7.88. The summed E-state index contributed by atoms with van der Waals surface area (Å²) >= 11 is 0. The first-order valence-corrected chi connectivity index (χ1v) is 9.97. The Morgan fingerprint density at radius 2 is 1.73 bits per heavy atom. The number of rotatable bonds is 9. The van der Waals surface area contributed by atoms with Gasteiger partial charge in [-0.1, -0.05) is 42.5 Å². The fourth-order valence-electron chi connectivity index (χ4n) is 2.48. The zero-order valence-corrected chi connectivity index (χ0v) is 15.3. The van der Waals surface area contributed by atoms with E-state index in [1.807, 2.05) is 30.3 Å². The van der Waals surface area contributed by atoms with Gasteiger partial charge in [-0.05, 0) is 36.6 Å². The number of ether oxygens (including phenoxy) is 1. The highest BCUT2D eigenvalue weighted by atomic mass is 32.2. The molecule has 2 aromatic rings. The fraction of sp³-hybridized carbons (Fsp3) is 0.316. The molecule has 26 heavy (non-hydrogen) atoms. The van der Waals surface area contributed by atoms with Crippen LogP contribution in [0.15, 0.2) is 54.6 Å². The Hall–Kier alpha value is -2.25. The Balaban J connectivity index is 2.02. The van der Waals surface area contributed by atoms with Gasteiger partial charge in [0.25, 0.3) is 0 Å². The van der Waals surface area contributed by atoms with E-state index in [1.165, 1.54) is 24.3 Å². The van der Waals surface area contributed by atoms with Crippen molar-refractivity contribution < 1.29 is 22.3 Å². The summed E-state index contributed by atoms with van der Waals surface area (Å²) in [6, 6.07) is 14.6. The maximum atomic E-state index is 12.9. The third kappa shape index (κ3) is 6.57. The first-order valence-electron chi connectivity index (χ1n) is 8.32. The van der Waals surface area contributed by atoms with Crippen LogP contribution >= 0.6 is 0 Å². The maximum Gasteiger partial charge on any atom is 0.310 e. The van der Waals surface area contributed by atoms with Crippen LogP contribution in [0.2, 0.25) is 0 Å². The Labute approximate surface area is 153 Å². The van der Waals surface area contributed by atoms with Crippen LogP contribution in [-0.2, 0) is 31.7 Å². The fourth-order valence-corrected chi connectivity index (χ4v) is 3.66. The molecule has 2 aromatic carbocycles. The number of benzene rings is 2. The average Bonchev–Trinajstić information content (AvgIpc) is 2.61. The Kier molecular flexibility index (Phi) is 7.29. The predicted molar refractivity (Wildman–Crippen MR) is 97.3 cm³/mol. The molecule has 0 amide bonds. The average molecular weight is 379 g/mol. The molecular formula is C19H22FNO4S. The minimum Gasteiger partial charge on any atom is -0.466 e. The van der Waals surface area contributed by atoms with Crippen LogP contribution in [-0.4, -0.2) is 27.5 Å². The molecule has 140 valence electrons. The van der Waals surface area contributed by atoms with E-state index in [0.29, 0.717) is 12.0 Å². The molecule has 0 aliphatic rings. The van der Waals surface area contributed by atoms with Crippen LogP contribution in [0.4, 0.5) is 4.39 Å². The molecule has 1 unspecified atom stereocenters. The molecule has 0 aliphatic heterocycles. The standard InChI is InChI=1S/C19H22FNO4S/c1-2-25-19(22)17(12-15-6-4-3-5-7-15)13-21-26(23,24)14-16-8-10-18(20)11-9-16/h3-11,17,21H,2,12-14H2,1H3. The Morgan fingerprint density at radius 3 is 2.35 bits per heavy atom. The van der Waals surface area contributed by atoms with Gasteiger partial charge in [-0.3, -0.25) is 4.79 Å². The van der Waals surface area contributed by atoms with Crippen molar-refractivity contribution in [2.75, 3.05) is 13.2 Å². The van der Waals surface area contributed by atoms with Gasteiger partial charge in [-0.25, -0.2) is 17.5 Å². The summed E-state index contributed by atoms with van der Waals surface area (Å²) in [6.07, 6.45) is 0.374. The van der Waals surface area contributed by atoms with Gasteiger partial charge in [0.05, 0.1) is 18.3 Å². The van der Waals surface area contributed by atoms with Crippen molar-refractivity contribution in [2.24, 2.45) is 5.92 Å². The van der Waals surface area contributed by atoms with Crippen LogP contribution in [0.5, 0.6) is 0 Å². The summed E-state index contributed by atoms with van der Waals surface area (Å²) in [7, 11) is -3.66. The van der Waals surface area contributed by atoms with Gasteiger partial charge in [0.15, 0.2) is 0 Å². The molecule has 0 saturated heterocycles. The lowest BCUT2D eigenvalue weighted by molar-refractivity contribution is -0.147. The van der Waals surface area contributed by atoms with E-state index in [4.69, 9.17) is 4.74 Å². The number of esters is 1. The van der Waals surface area contributed by atoms with Crippen molar-refractivity contribution in [2.45, 2.75) is 19.1 Å². The molecule has 1 atom stereocenters. The number of carbonyl (C=O) groups is 1. The summed E-state index contributed by atoms with van der Waals surface area (Å²) < 4.78 is 45.0. The van der Waals surface area contributed by atoms with Gasteiger partial charge in [0.1, 0.15) is 5.82 Å². The first kappa shape index (κ1) is 20.1. The first-order chi connectivity index (χ1) is 12.4. The van der Waals surface area contributed by atoms with Crippen LogP contribution in [0, 0.1) is 11.7 Å². The zero-order valence-electron chi connectivity index (χ0n) is 14.5. The van der Waals surface area contributed by atoms with Gasteiger partial charge >= 0.3 is 5.97 Å².